The van der Waals surface area contributed by atoms with E-state index in [1.165, 1.54) is 17.4 Å². The molecule has 0 aliphatic carbocycles. The molecule has 47 heavy (non-hydrogen) atoms. The van der Waals surface area contributed by atoms with Crippen molar-refractivity contribution in [2.75, 3.05) is 4.90 Å². The highest BCUT2D eigenvalue weighted by molar-refractivity contribution is 7.16. The second kappa shape index (κ2) is 13.3. The van der Waals surface area contributed by atoms with Crippen LogP contribution < -0.4 is 4.90 Å². The van der Waals surface area contributed by atoms with Crippen molar-refractivity contribution in [1.29, 1.82) is 5.26 Å². The summed E-state index contributed by atoms with van der Waals surface area (Å²) in [5, 5.41) is 18.3. The largest absolute Gasteiger partial charge is 0.477 e. The minimum Gasteiger partial charge on any atom is -0.477 e. The van der Waals surface area contributed by atoms with E-state index in [0.717, 1.165) is 71.1 Å². The van der Waals surface area contributed by atoms with Crippen LogP contribution in [0.25, 0.3) is 38.0 Å². The number of aliphatic carboxylic acids is 1. The number of hydrogen-bond acceptors (Lipinski definition) is 8. The third-order valence-electron chi connectivity index (χ3n) is 7.30. The first-order chi connectivity index (χ1) is 23.1. The molecule has 0 saturated heterocycles. The van der Waals surface area contributed by atoms with Crippen molar-refractivity contribution in [3.8, 4) is 38.8 Å². The molecule has 7 aromatic rings. The molecule has 7 rings (SSSR count). The fourth-order valence-corrected chi connectivity index (χ4v) is 7.54. The Labute approximate surface area is 283 Å². The maximum atomic E-state index is 11.3. The van der Waals surface area contributed by atoms with Gasteiger partial charge in [0.05, 0.1) is 16.6 Å². The first-order valence-electron chi connectivity index (χ1n) is 14.4. The molecule has 0 amide bonds. The summed E-state index contributed by atoms with van der Waals surface area (Å²) in [4.78, 5) is 17.1. The number of rotatable bonds is 7. The Morgan fingerprint density at radius 2 is 1.26 bits per heavy atom. The minimum atomic E-state index is -1.25. The molecule has 6 nitrogen and oxygen atoms in total. The van der Waals surface area contributed by atoms with Gasteiger partial charge in [0.1, 0.15) is 22.7 Å². The van der Waals surface area contributed by atoms with E-state index in [4.69, 9.17) is 5.26 Å². The Hall–Kier alpha value is -5.84. The molecule has 0 aliphatic rings. The fourth-order valence-electron chi connectivity index (χ4n) is 5.10. The lowest BCUT2D eigenvalue weighted by Crippen LogP contribution is -2.09. The molecule has 0 saturated carbocycles. The molecule has 1 N–H and O–H groups in total. The lowest BCUT2D eigenvalue weighted by atomic mass is 10.1. The Balaban J connectivity index is 1.13. The second-order valence-electron chi connectivity index (χ2n) is 10.3. The zero-order valence-electron chi connectivity index (χ0n) is 24.5. The highest BCUT2D eigenvalue weighted by atomic mass is 32.1. The summed E-state index contributed by atoms with van der Waals surface area (Å²) in [6.07, 6.45) is 1.38. The van der Waals surface area contributed by atoms with Gasteiger partial charge in [-0.25, -0.2) is 4.79 Å². The van der Waals surface area contributed by atoms with Crippen molar-refractivity contribution < 1.29 is 9.90 Å². The van der Waals surface area contributed by atoms with E-state index in [0.29, 0.717) is 4.88 Å². The SMILES string of the molecule is N#C/C(=C\c1ccc(-c2ccc(-c3ccc(C#Cc4ccc(N(c5ccccc5)c5ccccc5)cc4)s3)c3nsnc23)s1)C(=O)O. The number of benzene rings is 4. The molecular weight excluding hydrogens is 641 g/mol. The van der Waals surface area contributed by atoms with Crippen LogP contribution in [0.5, 0.6) is 0 Å². The van der Waals surface area contributed by atoms with Crippen LogP contribution >= 0.6 is 34.4 Å². The number of nitrogens with zero attached hydrogens (tertiary/aromatic N) is 4. The van der Waals surface area contributed by atoms with Crippen LogP contribution in [0.2, 0.25) is 0 Å². The van der Waals surface area contributed by atoms with E-state index in [-0.39, 0.29) is 5.57 Å². The smallest absolute Gasteiger partial charge is 0.346 e. The van der Waals surface area contributed by atoms with Gasteiger partial charge in [0, 0.05) is 48.4 Å². The Morgan fingerprint density at radius 3 is 1.85 bits per heavy atom. The van der Waals surface area contributed by atoms with Gasteiger partial charge in [-0.2, -0.15) is 14.0 Å². The molecule has 3 heterocycles. The number of carboxylic acids is 1. The van der Waals surface area contributed by atoms with Gasteiger partial charge >= 0.3 is 5.97 Å². The summed E-state index contributed by atoms with van der Waals surface area (Å²) in [5.41, 5.74) is 7.33. The maximum Gasteiger partial charge on any atom is 0.346 e. The number of para-hydroxylation sites is 2. The summed E-state index contributed by atoms with van der Waals surface area (Å²) in [7, 11) is 0. The average molecular weight is 663 g/mol. The summed E-state index contributed by atoms with van der Waals surface area (Å²) < 4.78 is 9.20. The third kappa shape index (κ3) is 6.32. The van der Waals surface area contributed by atoms with E-state index in [1.54, 1.807) is 23.5 Å². The standard InChI is InChI=1S/C38H22N4O2S3/c39-24-26(38(43)44)23-31-18-22-35(46-31)33-20-19-32(36-37(33)41-47-40-36)34-21-17-30(45-34)16-13-25-11-14-29(15-12-25)42(27-7-3-1-4-8-27)28-9-5-2-6-10-28/h1-12,14-15,17-23H,(H,43,44)/b26-23+. The Kier molecular flexibility index (Phi) is 8.42. The van der Waals surface area contributed by atoms with Crippen LogP contribution in [-0.2, 0) is 4.79 Å². The van der Waals surface area contributed by atoms with E-state index in [2.05, 4.69) is 68.0 Å². The number of fused-ring (bicyclic) bond motifs is 1. The van der Waals surface area contributed by atoms with E-state index in [9.17, 15) is 9.90 Å². The van der Waals surface area contributed by atoms with Crippen LogP contribution in [-0.4, -0.2) is 19.8 Å². The molecular formula is C38H22N4O2S3. The molecule has 0 atom stereocenters. The number of carboxylic acid groups (broad SMARTS) is 1. The number of carbonyl (C=O) groups is 1. The van der Waals surface area contributed by atoms with E-state index in [1.807, 2.05) is 72.8 Å². The molecule has 0 aliphatic heterocycles. The predicted octanol–water partition coefficient (Wildman–Crippen LogP) is 10.0. The van der Waals surface area contributed by atoms with Gasteiger partial charge in [-0.1, -0.05) is 60.4 Å². The molecule has 0 unspecified atom stereocenters. The number of aromatic nitrogens is 2. The van der Waals surface area contributed by atoms with Crippen LogP contribution in [0, 0.1) is 23.2 Å². The number of thiophene rings is 2. The van der Waals surface area contributed by atoms with Gasteiger partial charge < -0.3 is 10.0 Å². The molecule has 0 spiro atoms. The molecule has 224 valence electrons. The van der Waals surface area contributed by atoms with Crippen molar-refractivity contribution in [3.05, 3.63) is 142 Å². The summed E-state index contributed by atoms with van der Waals surface area (Å²) in [6.45, 7) is 0. The second-order valence-corrected chi connectivity index (χ2v) is 13.0. The predicted molar refractivity (Wildman–Crippen MR) is 192 cm³/mol. The maximum absolute atomic E-state index is 11.3. The molecule has 0 fully saturated rings. The van der Waals surface area contributed by atoms with Crippen LogP contribution in [0.15, 0.2) is 127 Å². The van der Waals surface area contributed by atoms with Crippen molar-refractivity contribution in [2.24, 2.45) is 0 Å². The molecule has 0 bridgehead atoms. The van der Waals surface area contributed by atoms with Crippen molar-refractivity contribution in [1.82, 2.24) is 8.75 Å². The van der Waals surface area contributed by atoms with E-state index >= 15 is 0 Å². The third-order valence-corrected chi connectivity index (χ3v) is 9.93. The Morgan fingerprint density at radius 1 is 0.681 bits per heavy atom. The monoisotopic (exact) mass is 662 g/mol. The normalized spacial score (nSPS) is 11.1. The van der Waals surface area contributed by atoms with Gasteiger partial charge in [0.2, 0.25) is 0 Å². The van der Waals surface area contributed by atoms with Crippen molar-refractivity contribution in [2.45, 2.75) is 0 Å². The average Bonchev–Trinajstić information content (AvgIpc) is 3.89. The highest BCUT2D eigenvalue weighted by Gasteiger charge is 2.16. The molecule has 0 radical (unpaired) electrons. The van der Waals surface area contributed by atoms with Gasteiger partial charge in [-0.05, 0) is 78.9 Å². The van der Waals surface area contributed by atoms with Gasteiger partial charge in [-0.15, -0.1) is 22.7 Å². The zero-order chi connectivity index (χ0) is 32.2. The molecule has 4 aromatic carbocycles. The van der Waals surface area contributed by atoms with Crippen molar-refractivity contribution in [3.63, 3.8) is 0 Å². The topological polar surface area (TPSA) is 90.1 Å². The summed E-state index contributed by atoms with van der Waals surface area (Å²) in [6, 6.07) is 42.5. The van der Waals surface area contributed by atoms with E-state index < -0.39 is 5.97 Å². The fraction of sp³-hybridized carbons (Fsp3) is 0. The first kappa shape index (κ1) is 29.8. The lowest BCUT2D eigenvalue weighted by molar-refractivity contribution is -0.132. The highest BCUT2D eigenvalue weighted by Crippen LogP contribution is 2.40. The molecule has 9 heteroatoms. The van der Waals surface area contributed by atoms with Gasteiger partial charge in [0.15, 0.2) is 0 Å². The lowest BCUT2D eigenvalue weighted by Gasteiger charge is -2.25. The van der Waals surface area contributed by atoms with Gasteiger partial charge in [0.25, 0.3) is 0 Å². The number of anilines is 3. The quantitative estimate of drug-likeness (QED) is 0.104. The minimum absolute atomic E-state index is 0.305. The molecule has 3 aromatic heterocycles. The number of hydrogen-bond donors (Lipinski definition) is 1. The van der Waals surface area contributed by atoms with Crippen LogP contribution in [0.4, 0.5) is 17.1 Å². The summed E-state index contributed by atoms with van der Waals surface area (Å²) >= 11 is 4.17. The zero-order valence-corrected chi connectivity index (χ0v) is 26.9. The number of nitriles is 1. The summed E-state index contributed by atoms with van der Waals surface area (Å²) in [5.74, 6) is 5.40. The van der Waals surface area contributed by atoms with Crippen molar-refractivity contribution >= 4 is 74.5 Å². The Bertz CT molecular complexity index is 2320. The van der Waals surface area contributed by atoms with Crippen LogP contribution in [0.3, 0.4) is 0 Å². The first-order valence-corrected chi connectivity index (χ1v) is 16.8. The van der Waals surface area contributed by atoms with Gasteiger partial charge in [-0.3, -0.25) is 0 Å². The van der Waals surface area contributed by atoms with Crippen LogP contribution in [0.1, 0.15) is 15.3 Å².